The number of alkyl halides is 3. The molecule has 0 spiro atoms. The topological polar surface area (TPSA) is 155 Å². The Balaban J connectivity index is 0.00000616. The molecule has 3 aromatic rings. The maximum atomic E-state index is 12.3. The largest absolute Gasteiger partial charge is 0.573 e. The minimum Gasteiger partial charge on any atom is -0.406 e. The third-order valence-corrected chi connectivity index (χ3v) is 5.41. The maximum Gasteiger partial charge on any atom is 0.573 e. The summed E-state index contributed by atoms with van der Waals surface area (Å²) in [5.41, 5.74) is 9.70. The highest BCUT2D eigenvalue weighted by Gasteiger charge is 2.30. The molecule has 7 N–H and O–H groups in total. The van der Waals surface area contributed by atoms with Crippen molar-refractivity contribution < 1.29 is 37.5 Å². The first-order valence-electron chi connectivity index (χ1n) is 12.1. The molecular weight excluding hydrogens is 555 g/mol. The lowest BCUT2D eigenvalue weighted by Gasteiger charge is -2.14. The summed E-state index contributed by atoms with van der Waals surface area (Å²) in [5.74, 6) is 3.96. The van der Waals surface area contributed by atoms with Gasteiger partial charge in [0.25, 0.3) is 11.8 Å². The number of anilines is 1. The highest BCUT2D eigenvalue weighted by atomic mass is 19.4. The van der Waals surface area contributed by atoms with Crippen molar-refractivity contribution in [3.63, 3.8) is 0 Å². The molecule has 0 aromatic heterocycles. The predicted molar refractivity (Wildman–Crippen MR) is 149 cm³/mol. The molecule has 3 aromatic carbocycles. The summed E-state index contributed by atoms with van der Waals surface area (Å²) in [4.78, 5) is 35.9. The van der Waals surface area contributed by atoms with Gasteiger partial charge in [-0.3, -0.25) is 19.6 Å². The summed E-state index contributed by atoms with van der Waals surface area (Å²) in [6.45, 7) is 0.0681. The van der Waals surface area contributed by atoms with E-state index in [0.717, 1.165) is 0 Å². The number of rotatable bonds is 10. The second kappa shape index (κ2) is 15.8. The molecule has 3 amide bonds. The number of halogens is 3. The fraction of sp³-hybridized carbons (Fsp3) is 0.207. The lowest BCUT2D eigenvalue weighted by atomic mass is 10.1. The van der Waals surface area contributed by atoms with E-state index in [4.69, 9.17) is 10.9 Å². The Morgan fingerprint density at radius 2 is 1.48 bits per heavy atom. The van der Waals surface area contributed by atoms with E-state index in [1.165, 1.54) is 41.9 Å². The Morgan fingerprint density at radius 3 is 2.00 bits per heavy atom. The number of carbonyl (C=O) groups excluding carboxylic acids is 3. The fourth-order valence-electron chi connectivity index (χ4n) is 3.37. The molecule has 0 saturated heterocycles. The first kappa shape index (κ1) is 33.3. The molecule has 10 nitrogen and oxygen atoms in total. The molecule has 13 heteroatoms. The van der Waals surface area contributed by atoms with Gasteiger partial charge in [-0.15, -0.1) is 13.2 Å². The highest BCUT2D eigenvalue weighted by Crippen LogP contribution is 2.22. The van der Waals surface area contributed by atoms with Gasteiger partial charge < -0.3 is 26.4 Å². The molecule has 0 aliphatic rings. The number of ether oxygens (including phenoxy) is 1. The van der Waals surface area contributed by atoms with Gasteiger partial charge >= 0.3 is 6.36 Å². The normalized spacial score (nSPS) is 11.2. The molecule has 0 saturated carbocycles. The second-order valence-corrected chi connectivity index (χ2v) is 8.49. The molecule has 3 rings (SSSR count). The zero-order valence-corrected chi connectivity index (χ0v) is 21.4. The second-order valence-electron chi connectivity index (χ2n) is 8.49. The molecule has 1 atom stereocenters. The van der Waals surface area contributed by atoms with Gasteiger partial charge in [0.2, 0.25) is 5.91 Å². The van der Waals surface area contributed by atoms with E-state index >= 15 is 0 Å². The van der Waals surface area contributed by atoms with Crippen LogP contribution >= 0.6 is 0 Å². The van der Waals surface area contributed by atoms with Crippen LogP contribution in [0.25, 0.3) is 0 Å². The molecule has 0 aliphatic heterocycles. The number of carbonyl (C=O) groups is 3. The molecule has 42 heavy (non-hydrogen) atoms. The first-order valence-corrected chi connectivity index (χ1v) is 12.1. The quantitative estimate of drug-likeness (QED) is 0.121. The molecule has 0 bridgehead atoms. The van der Waals surface area contributed by atoms with Gasteiger partial charge in [0.1, 0.15) is 11.8 Å². The number of hydroxylamine groups is 1. The molecule has 0 unspecified atom stereocenters. The van der Waals surface area contributed by atoms with E-state index in [2.05, 4.69) is 32.5 Å². The first-order chi connectivity index (χ1) is 19.6. The van der Waals surface area contributed by atoms with Crippen molar-refractivity contribution in [1.82, 2.24) is 16.1 Å². The van der Waals surface area contributed by atoms with Crippen molar-refractivity contribution in [2.75, 3.05) is 18.4 Å². The van der Waals surface area contributed by atoms with E-state index < -0.39 is 24.2 Å². The Bertz CT molecular complexity index is 1400. The van der Waals surface area contributed by atoms with Crippen LogP contribution in [0.2, 0.25) is 0 Å². The minimum atomic E-state index is -4.75. The Kier molecular flexibility index (Phi) is 12.5. The number of hydrogen-bond acceptors (Lipinski definition) is 7. The van der Waals surface area contributed by atoms with Gasteiger partial charge in [-0.1, -0.05) is 31.4 Å². The molecule has 0 fully saturated rings. The van der Waals surface area contributed by atoms with Crippen LogP contribution in [0, 0.1) is 11.8 Å². The smallest absolute Gasteiger partial charge is 0.406 e. The Hall–Kier alpha value is -4.90. The zero-order chi connectivity index (χ0) is 29.8. The van der Waals surface area contributed by atoms with E-state index in [9.17, 15) is 27.6 Å². The number of amides is 3. The fourth-order valence-corrected chi connectivity index (χ4v) is 3.37. The van der Waals surface area contributed by atoms with Crippen molar-refractivity contribution in [2.45, 2.75) is 26.4 Å². The molecule has 0 radical (unpaired) electrons. The van der Waals surface area contributed by atoms with E-state index in [1.54, 1.807) is 36.4 Å². The SMILES string of the molecule is C.NC[C@H](NC(=O)c1ccc(C#Cc2ccc(NC(=O)CNCc3ccc(OC(F)(F)F)cc3)cc2)cc1)C(=O)NO. The van der Waals surface area contributed by atoms with Crippen LogP contribution in [0.1, 0.15) is 34.5 Å². The van der Waals surface area contributed by atoms with E-state index in [0.29, 0.717) is 22.4 Å². The van der Waals surface area contributed by atoms with E-state index in [-0.39, 0.29) is 44.3 Å². The lowest BCUT2D eigenvalue weighted by molar-refractivity contribution is -0.274. The molecule has 0 aliphatic carbocycles. The van der Waals surface area contributed by atoms with Gasteiger partial charge in [0.05, 0.1) is 6.54 Å². The number of hydrogen-bond donors (Lipinski definition) is 6. The van der Waals surface area contributed by atoms with Crippen molar-refractivity contribution in [3.8, 4) is 17.6 Å². The van der Waals surface area contributed by atoms with Crippen LogP contribution in [0.4, 0.5) is 18.9 Å². The van der Waals surface area contributed by atoms with Crippen molar-refractivity contribution in [1.29, 1.82) is 0 Å². The average Bonchev–Trinajstić information content (AvgIpc) is 2.95. The monoisotopic (exact) mass is 585 g/mol. The predicted octanol–water partition coefficient (Wildman–Crippen LogP) is 2.91. The standard InChI is InChI=1S/C28H26F3N5O5.CH4/c29-28(30,31)41-23-13-7-20(8-14-23)16-33-17-25(37)34-22-11-5-19(6-12-22)2-1-18-3-9-21(10-4-18)26(38)35-24(15-32)27(39)36-40;/h3-14,24,33,40H,15-17,32H2,(H,34,37)(H,35,38)(H,36,39);1H4/t24-;/m0./s1. The third kappa shape index (κ3) is 10.9. The van der Waals surface area contributed by atoms with Gasteiger partial charge in [0.15, 0.2) is 0 Å². The van der Waals surface area contributed by atoms with Crippen LogP contribution in [0.15, 0.2) is 72.8 Å². The minimum absolute atomic E-state index is 0. The van der Waals surface area contributed by atoms with Crippen LogP contribution in [-0.2, 0) is 16.1 Å². The van der Waals surface area contributed by atoms with Gasteiger partial charge in [-0.25, -0.2) is 5.48 Å². The summed E-state index contributed by atoms with van der Waals surface area (Å²) in [6.07, 6.45) is -4.75. The number of nitrogens with one attached hydrogen (secondary N) is 4. The van der Waals surface area contributed by atoms with Crippen LogP contribution in [0.5, 0.6) is 5.75 Å². The summed E-state index contributed by atoms with van der Waals surface area (Å²) in [5, 5.41) is 16.7. The molecular formula is C29H30F3N5O5. The van der Waals surface area contributed by atoms with Crippen molar-refractivity contribution >= 4 is 23.4 Å². The highest BCUT2D eigenvalue weighted by molar-refractivity contribution is 5.97. The van der Waals surface area contributed by atoms with Gasteiger partial charge in [0, 0.05) is 35.5 Å². The maximum absolute atomic E-state index is 12.3. The lowest BCUT2D eigenvalue weighted by Crippen LogP contribution is -2.50. The van der Waals surface area contributed by atoms with Gasteiger partial charge in [-0.2, -0.15) is 0 Å². The number of nitrogens with two attached hydrogens (primary N) is 1. The Morgan fingerprint density at radius 1 is 0.905 bits per heavy atom. The third-order valence-electron chi connectivity index (χ3n) is 5.41. The average molecular weight is 586 g/mol. The van der Waals surface area contributed by atoms with Crippen molar-refractivity contribution in [3.05, 3.63) is 95.1 Å². The van der Waals surface area contributed by atoms with Crippen LogP contribution < -0.4 is 31.9 Å². The van der Waals surface area contributed by atoms with Crippen LogP contribution in [0.3, 0.4) is 0 Å². The molecule has 0 heterocycles. The number of benzene rings is 3. The summed E-state index contributed by atoms with van der Waals surface area (Å²) in [7, 11) is 0. The summed E-state index contributed by atoms with van der Waals surface area (Å²) < 4.78 is 40.5. The Labute approximate surface area is 240 Å². The summed E-state index contributed by atoms with van der Waals surface area (Å²) >= 11 is 0. The summed E-state index contributed by atoms with van der Waals surface area (Å²) in [6, 6.07) is 17.4. The zero-order valence-electron chi connectivity index (χ0n) is 21.4. The van der Waals surface area contributed by atoms with Crippen LogP contribution in [-0.4, -0.2) is 48.4 Å². The molecule has 222 valence electrons. The van der Waals surface area contributed by atoms with E-state index in [1.807, 2.05) is 0 Å². The van der Waals surface area contributed by atoms with Crippen molar-refractivity contribution in [2.24, 2.45) is 5.73 Å². The van der Waals surface area contributed by atoms with Gasteiger partial charge in [-0.05, 0) is 66.2 Å².